The van der Waals surface area contributed by atoms with E-state index in [-0.39, 0.29) is 0 Å². The molecule has 1 aliphatic carbocycles. The first kappa shape index (κ1) is 15.9. The molecular weight excluding hydrogens is 246 g/mol. The Hall–Kier alpha value is -0.530. The van der Waals surface area contributed by atoms with Crippen LogP contribution in [-0.2, 0) is 4.79 Å². The Morgan fingerprint density at radius 3 is 1.80 bits per heavy atom. The first-order chi connectivity index (χ1) is 9.88. The van der Waals surface area contributed by atoms with Crippen LogP contribution in [0.5, 0.6) is 0 Å². The van der Waals surface area contributed by atoms with Crippen LogP contribution < -0.4 is 0 Å². The van der Waals surface area contributed by atoms with Crippen LogP contribution in [0.1, 0.15) is 96.3 Å². The van der Waals surface area contributed by atoms with Gasteiger partial charge in [-0.3, -0.25) is 4.79 Å². The standard InChI is InChI=1S/C18H33NO/c20-18-15-11-6-4-2-1-3-5-7-12-16-19(18)17-13-9-8-10-14-17/h17H,1-16H2. The molecule has 0 unspecified atom stereocenters. The number of hydrogen-bond donors (Lipinski definition) is 0. The molecule has 1 aliphatic heterocycles. The summed E-state index contributed by atoms with van der Waals surface area (Å²) in [6.45, 7) is 1.03. The predicted molar refractivity (Wildman–Crippen MR) is 84.8 cm³/mol. The van der Waals surface area contributed by atoms with Crippen molar-refractivity contribution in [2.45, 2.75) is 102 Å². The van der Waals surface area contributed by atoms with Crippen molar-refractivity contribution in [3.8, 4) is 0 Å². The van der Waals surface area contributed by atoms with Gasteiger partial charge in [-0.2, -0.15) is 0 Å². The van der Waals surface area contributed by atoms with E-state index in [1.807, 2.05) is 0 Å². The molecule has 0 aromatic heterocycles. The molecule has 1 amide bonds. The van der Waals surface area contributed by atoms with Crippen LogP contribution in [0.3, 0.4) is 0 Å². The highest BCUT2D eigenvalue weighted by Crippen LogP contribution is 2.24. The van der Waals surface area contributed by atoms with Crippen LogP contribution in [0, 0.1) is 0 Å². The van der Waals surface area contributed by atoms with Gasteiger partial charge in [-0.05, 0) is 25.7 Å². The third-order valence-corrected chi connectivity index (χ3v) is 5.13. The van der Waals surface area contributed by atoms with Crippen LogP contribution >= 0.6 is 0 Å². The van der Waals surface area contributed by atoms with Crippen molar-refractivity contribution in [3.05, 3.63) is 0 Å². The fourth-order valence-corrected chi connectivity index (χ4v) is 3.84. The third-order valence-electron chi connectivity index (χ3n) is 5.13. The lowest BCUT2D eigenvalue weighted by Gasteiger charge is -2.34. The molecule has 0 aromatic rings. The second kappa shape index (κ2) is 9.41. The minimum atomic E-state index is 0.455. The van der Waals surface area contributed by atoms with Gasteiger partial charge in [0.15, 0.2) is 0 Å². The predicted octanol–water partition coefficient (Wildman–Crippen LogP) is 5.06. The minimum Gasteiger partial charge on any atom is -0.340 e. The summed E-state index contributed by atoms with van der Waals surface area (Å²) in [5, 5.41) is 0. The number of rotatable bonds is 1. The molecule has 0 bridgehead atoms. The Morgan fingerprint density at radius 1 is 0.650 bits per heavy atom. The van der Waals surface area contributed by atoms with Gasteiger partial charge in [0.2, 0.25) is 5.91 Å². The topological polar surface area (TPSA) is 20.3 Å². The van der Waals surface area contributed by atoms with Gasteiger partial charge in [-0.25, -0.2) is 0 Å². The van der Waals surface area contributed by atoms with Gasteiger partial charge in [0, 0.05) is 19.0 Å². The van der Waals surface area contributed by atoms with E-state index < -0.39 is 0 Å². The van der Waals surface area contributed by atoms with E-state index in [2.05, 4.69) is 4.90 Å². The van der Waals surface area contributed by atoms with Crippen molar-refractivity contribution in [2.75, 3.05) is 6.54 Å². The van der Waals surface area contributed by atoms with Crippen LogP contribution in [0.25, 0.3) is 0 Å². The second-order valence-corrected chi connectivity index (χ2v) is 6.81. The zero-order valence-electron chi connectivity index (χ0n) is 13.2. The Bertz CT molecular complexity index is 271. The quantitative estimate of drug-likeness (QED) is 0.657. The summed E-state index contributed by atoms with van der Waals surface area (Å²) in [4.78, 5) is 14.8. The molecule has 1 saturated carbocycles. The van der Waals surface area contributed by atoms with Crippen molar-refractivity contribution in [3.63, 3.8) is 0 Å². The Labute approximate surface area is 125 Å². The van der Waals surface area contributed by atoms with Crippen LogP contribution in [-0.4, -0.2) is 23.4 Å². The molecule has 0 aromatic carbocycles. The number of hydrogen-bond acceptors (Lipinski definition) is 1. The van der Waals surface area contributed by atoms with Crippen LogP contribution in [0.15, 0.2) is 0 Å². The fourth-order valence-electron chi connectivity index (χ4n) is 3.84. The highest BCUT2D eigenvalue weighted by molar-refractivity contribution is 5.76. The number of carbonyl (C=O) groups is 1. The van der Waals surface area contributed by atoms with Crippen LogP contribution in [0.4, 0.5) is 0 Å². The lowest BCUT2D eigenvalue weighted by molar-refractivity contribution is -0.134. The van der Waals surface area contributed by atoms with Crippen molar-refractivity contribution in [1.29, 1.82) is 0 Å². The molecule has 2 fully saturated rings. The molecule has 20 heavy (non-hydrogen) atoms. The molecule has 0 atom stereocenters. The molecule has 0 spiro atoms. The molecule has 0 N–H and O–H groups in total. The highest BCUT2D eigenvalue weighted by Gasteiger charge is 2.24. The molecule has 116 valence electrons. The van der Waals surface area contributed by atoms with Crippen LogP contribution in [0.2, 0.25) is 0 Å². The molecular formula is C18H33NO. The third kappa shape index (κ3) is 5.46. The van der Waals surface area contributed by atoms with E-state index in [1.54, 1.807) is 0 Å². The summed E-state index contributed by atoms with van der Waals surface area (Å²) >= 11 is 0. The zero-order chi connectivity index (χ0) is 14.0. The van der Waals surface area contributed by atoms with Crippen molar-refractivity contribution >= 4 is 5.91 Å². The van der Waals surface area contributed by atoms with E-state index in [0.717, 1.165) is 19.4 Å². The fraction of sp³-hybridized carbons (Fsp3) is 0.944. The summed E-state index contributed by atoms with van der Waals surface area (Å²) in [6.07, 6.45) is 19.1. The van der Waals surface area contributed by atoms with Crippen molar-refractivity contribution in [2.24, 2.45) is 0 Å². The molecule has 2 nitrogen and oxygen atoms in total. The molecule has 0 radical (unpaired) electrons. The number of nitrogens with zero attached hydrogens (tertiary/aromatic N) is 1. The summed E-state index contributed by atoms with van der Waals surface area (Å²) in [6, 6.07) is 0.571. The zero-order valence-corrected chi connectivity index (χ0v) is 13.2. The van der Waals surface area contributed by atoms with Gasteiger partial charge in [-0.1, -0.05) is 64.2 Å². The molecule has 2 heteroatoms. The van der Waals surface area contributed by atoms with Gasteiger partial charge in [-0.15, -0.1) is 0 Å². The highest BCUT2D eigenvalue weighted by atomic mass is 16.2. The molecule has 2 rings (SSSR count). The van der Waals surface area contributed by atoms with E-state index in [4.69, 9.17) is 0 Å². The van der Waals surface area contributed by atoms with E-state index in [1.165, 1.54) is 83.5 Å². The van der Waals surface area contributed by atoms with Gasteiger partial charge >= 0.3 is 0 Å². The lowest BCUT2D eigenvalue weighted by Crippen LogP contribution is -2.42. The largest absolute Gasteiger partial charge is 0.340 e. The monoisotopic (exact) mass is 279 g/mol. The number of amides is 1. The minimum absolute atomic E-state index is 0.455. The number of carbonyl (C=O) groups excluding carboxylic acids is 1. The average molecular weight is 279 g/mol. The van der Waals surface area contributed by atoms with Crippen molar-refractivity contribution in [1.82, 2.24) is 4.90 Å². The Kier molecular flexibility index (Phi) is 7.46. The van der Waals surface area contributed by atoms with Crippen molar-refractivity contribution < 1.29 is 4.79 Å². The normalized spacial score (nSPS) is 25.6. The summed E-state index contributed by atoms with van der Waals surface area (Å²) in [5.74, 6) is 0.455. The Morgan fingerprint density at radius 2 is 1.15 bits per heavy atom. The SMILES string of the molecule is O=C1CCCCCCCCCCCN1C1CCCCC1. The molecule has 1 heterocycles. The van der Waals surface area contributed by atoms with Gasteiger partial charge < -0.3 is 4.90 Å². The molecule has 2 aliphatic rings. The molecule has 1 saturated heterocycles. The van der Waals surface area contributed by atoms with E-state index in [0.29, 0.717) is 11.9 Å². The summed E-state index contributed by atoms with van der Waals surface area (Å²) in [5.41, 5.74) is 0. The maximum atomic E-state index is 12.5. The first-order valence-corrected chi connectivity index (χ1v) is 9.17. The van der Waals surface area contributed by atoms with E-state index >= 15 is 0 Å². The maximum absolute atomic E-state index is 12.5. The smallest absolute Gasteiger partial charge is 0.222 e. The summed E-state index contributed by atoms with van der Waals surface area (Å²) < 4.78 is 0. The van der Waals surface area contributed by atoms with Gasteiger partial charge in [0.05, 0.1) is 0 Å². The average Bonchev–Trinajstić information content (AvgIpc) is 2.50. The maximum Gasteiger partial charge on any atom is 0.222 e. The second-order valence-electron chi connectivity index (χ2n) is 6.81. The summed E-state index contributed by atoms with van der Waals surface area (Å²) in [7, 11) is 0. The lowest BCUT2D eigenvalue weighted by atomic mass is 9.93. The van der Waals surface area contributed by atoms with E-state index in [9.17, 15) is 4.79 Å². The Balaban J connectivity index is 1.87. The van der Waals surface area contributed by atoms with Gasteiger partial charge in [0.25, 0.3) is 0 Å². The first-order valence-electron chi connectivity index (χ1n) is 9.17. The van der Waals surface area contributed by atoms with Gasteiger partial charge in [0.1, 0.15) is 0 Å².